The van der Waals surface area contributed by atoms with Crippen molar-refractivity contribution in [1.82, 2.24) is 9.88 Å². The molecule has 26 heavy (non-hydrogen) atoms. The Morgan fingerprint density at radius 3 is 2.65 bits per heavy atom. The number of hydrogen-bond donors (Lipinski definition) is 0. The lowest BCUT2D eigenvalue weighted by Crippen LogP contribution is -2.32. The van der Waals surface area contributed by atoms with Gasteiger partial charge in [0.05, 0.1) is 11.3 Å². The Morgan fingerprint density at radius 2 is 1.92 bits per heavy atom. The number of rotatable bonds is 3. The average Bonchev–Trinajstić information content (AvgIpc) is 3.13. The fourth-order valence-electron chi connectivity index (χ4n) is 3.64. The zero-order chi connectivity index (χ0) is 17.8. The number of aromatic nitrogens is 1. The van der Waals surface area contributed by atoms with E-state index in [-0.39, 0.29) is 5.91 Å². The highest BCUT2D eigenvalue weighted by Gasteiger charge is 2.22. The van der Waals surface area contributed by atoms with E-state index in [1.807, 2.05) is 28.5 Å². The highest BCUT2D eigenvalue weighted by molar-refractivity contribution is 7.08. The van der Waals surface area contributed by atoms with Gasteiger partial charge in [-0.15, -0.1) is 0 Å². The highest BCUT2D eigenvalue weighted by atomic mass is 32.1. The number of likely N-dealkylation sites (tertiary alicyclic amines) is 1. The molecule has 4 heteroatoms. The molecule has 1 fully saturated rings. The van der Waals surface area contributed by atoms with Crippen molar-refractivity contribution in [2.45, 2.75) is 25.2 Å². The summed E-state index contributed by atoms with van der Waals surface area (Å²) in [7, 11) is 0. The normalized spacial score (nSPS) is 17.7. The van der Waals surface area contributed by atoms with E-state index in [0.29, 0.717) is 11.5 Å². The molecule has 1 aromatic carbocycles. The van der Waals surface area contributed by atoms with Gasteiger partial charge in [-0.3, -0.25) is 9.78 Å². The van der Waals surface area contributed by atoms with E-state index in [0.717, 1.165) is 43.6 Å². The molecular weight excluding hydrogens is 340 g/mol. The zero-order valence-corrected chi connectivity index (χ0v) is 15.5. The van der Waals surface area contributed by atoms with Crippen molar-refractivity contribution in [2.24, 2.45) is 0 Å². The summed E-state index contributed by atoms with van der Waals surface area (Å²) in [6, 6.07) is 16.6. The summed E-state index contributed by atoms with van der Waals surface area (Å²) in [5, 5.41) is 4.11. The van der Waals surface area contributed by atoms with Gasteiger partial charge in [-0.25, -0.2) is 0 Å². The first-order chi connectivity index (χ1) is 12.8. The number of hydrogen-bond acceptors (Lipinski definition) is 3. The van der Waals surface area contributed by atoms with Crippen LogP contribution in [0.3, 0.4) is 0 Å². The molecule has 1 aliphatic rings. The summed E-state index contributed by atoms with van der Waals surface area (Å²) in [5.74, 6) is 0.649. The fourth-order valence-corrected chi connectivity index (χ4v) is 4.29. The molecule has 2 aromatic heterocycles. The molecule has 0 aliphatic carbocycles. The number of thiophene rings is 1. The number of pyridine rings is 1. The Kier molecular flexibility index (Phi) is 5.12. The largest absolute Gasteiger partial charge is 0.339 e. The van der Waals surface area contributed by atoms with Crippen molar-refractivity contribution in [3.8, 4) is 11.3 Å². The van der Waals surface area contributed by atoms with Crippen LogP contribution in [0.5, 0.6) is 0 Å². The van der Waals surface area contributed by atoms with E-state index in [1.165, 1.54) is 5.56 Å². The van der Waals surface area contributed by atoms with Gasteiger partial charge in [0.1, 0.15) is 0 Å². The molecular formula is C22H22N2OS. The topological polar surface area (TPSA) is 33.2 Å². The van der Waals surface area contributed by atoms with Gasteiger partial charge >= 0.3 is 0 Å². The van der Waals surface area contributed by atoms with Crippen LogP contribution < -0.4 is 0 Å². The van der Waals surface area contributed by atoms with Gasteiger partial charge in [0.25, 0.3) is 5.91 Å². The molecule has 4 rings (SSSR count). The molecule has 0 bridgehead atoms. The lowest BCUT2D eigenvalue weighted by molar-refractivity contribution is 0.0760. The van der Waals surface area contributed by atoms with Crippen LogP contribution in [0.25, 0.3) is 11.3 Å². The van der Waals surface area contributed by atoms with E-state index < -0.39 is 0 Å². The van der Waals surface area contributed by atoms with E-state index >= 15 is 0 Å². The number of carbonyl (C=O) groups excluding carboxylic acids is 1. The summed E-state index contributed by atoms with van der Waals surface area (Å²) in [4.78, 5) is 19.4. The van der Waals surface area contributed by atoms with Gasteiger partial charge in [-0.05, 0) is 54.3 Å². The second-order valence-electron chi connectivity index (χ2n) is 6.77. The average molecular weight is 362 g/mol. The van der Waals surface area contributed by atoms with Crippen LogP contribution in [-0.2, 0) is 0 Å². The summed E-state index contributed by atoms with van der Waals surface area (Å²) >= 11 is 1.65. The Hall–Kier alpha value is -2.46. The molecule has 1 atom stereocenters. The first-order valence-electron chi connectivity index (χ1n) is 9.14. The highest BCUT2D eigenvalue weighted by Crippen LogP contribution is 2.28. The molecule has 3 nitrogen and oxygen atoms in total. The van der Waals surface area contributed by atoms with Crippen molar-refractivity contribution in [3.05, 3.63) is 76.6 Å². The van der Waals surface area contributed by atoms with Crippen LogP contribution in [0.2, 0.25) is 0 Å². The van der Waals surface area contributed by atoms with E-state index in [2.05, 4.69) is 40.7 Å². The molecule has 0 saturated carbocycles. The van der Waals surface area contributed by atoms with Crippen LogP contribution in [-0.4, -0.2) is 28.9 Å². The number of benzene rings is 1. The van der Waals surface area contributed by atoms with Crippen LogP contribution in [0.1, 0.15) is 41.1 Å². The van der Waals surface area contributed by atoms with Gasteiger partial charge in [0, 0.05) is 30.2 Å². The number of amides is 1. The van der Waals surface area contributed by atoms with Crippen LogP contribution >= 0.6 is 11.3 Å². The number of nitrogens with zero attached hydrogens (tertiary/aromatic N) is 2. The third kappa shape index (κ3) is 3.70. The van der Waals surface area contributed by atoms with Crippen molar-refractivity contribution in [3.63, 3.8) is 0 Å². The third-order valence-electron chi connectivity index (χ3n) is 5.11. The minimum absolute atomic E-state index is 0.100. The molecule has 0 N–H and O–H groups in total. The van der Waals surface area contributed by atoms with E-state index in [1.54, 1.807) is 17.5 Å². The second kappa shape index (κ2) is 7.83. The molecule has 1 amide bonds. The molecule has 1 aliphatic heterocycles. The molecule has 132 valence electrons. The predicted octanol–water partition coefficient (Wildman–Crippen LogP) is 5.22. The maximum Gasteiger partial charge on any atom is 0.255 e. The summed E-state index contributed by atoms with van der Waals surface area (Å²) in [6.07, 6.45) is 4.93. The molecule has 1 saturated heterocycles. The Morgan fingerprint density at radius 1 is 1.04 bits per heavy atom. The summed E-state index contributed by atoms with van der Waals surface area (Å²) < 4.78 is 0. The molecule has 1 unspecified atom stereocenters. The predicted molar refractivity (Wildman–Crippen MR) is 106 cm³/mol. The van der Waals surface area contributed by atoms with Gasteiger partial charge in [-0.2, -0.15) is 11.3 Å². The second-order valence-corrected chi connectivity index (χ2v) is 7.55. The molecule has 0 radical (unpaired) electrons. The quantitative estimate of drug-likeness (QED) is 0.640. The van der Waals surface area contributed by atoms with Crippen LogP contribution in [0.4, 0.5) is 0 Å². The third-order valence-corrected chi connectivity index (χ3v) is 5.80. The Labute approximate surface area is 158 Å². The van der Waals surface area contributed by atoms with Gasteiger partial charge in [0.15, 0.2) is 0 Å². The van der Waals surface area contributed by atoms with E-state index in [9.17, 15) is 4.79 Å². The van der Waals surface area contributed by atoms with Crippen molar-refractivity contribution in [1.29, 1.82) is 0 Å². The Balaban J connectivity index is 1.43. The van der Waals surface area contributed by atoms with Crippen LogP contribution in [0.15, 0.2) is 65.5 Å². The summed E-state index contributed by atoms with van der Waals surface area (Å²) in [5.41, 5.74) is 4.10. The fraction of sp³-hybridized carbons (Fsp3) is 0.273. The van der Waals surface area contributed by atoms with Gasteiger partial charge < -0.3 is 4.90 Å². The van der Waals surface area contributed by atoms with E-state index in [4.69, 9.17) is 0 Å². The SMILES string of the molecule is O=C(c1ccc(-c2ccsc2)nc1)N1CCCC(c2ccccc2)CC1. The first-order valence-corrected chi connectivity index (χ1v) is 10.1. The Bertz CT molecular complexity index is 844. The molecule has 3 heterocycles. The van der Waals surface area contributed by atoms with Gasteiger partial charge in [-0.1, -0.05) is 30.3 Å². The molecule has 0 spiro atoms. The minimum Gasteiger partial charge on any atom is -0.339 e. The standard InChI is InChI=1S/C22H22N2OS/c25-22(19-8-9-21(23-15-19)20-11-14-26-16-20)24-12-4-7-18(10-13-24)17-5-2-1-3-6-17/h1-3,5-6,8-9,11,14-16,18H,4,7,10,12-13H2. The smallest absolute Gasteiger partial charge is 0.255 e. The minimum atomic E-state index is 0.100. The zero-order valence-electron chi connectivity index (χ0n) is 14.7. The van der Waals surface area contributed by atoms with Crippen molar-refractivity contribution < 1.29 is 4.79 Å². The maximum atomic E-state index is 12.9. The lowest BCUT2D eigenvalue weighted by atomic mass is 9.92. The summed E-state index contributed by atoms with van der Waals surface area (Å²) in [6.45, 7) is 1.64. The molecule has 3 aromatic rings. The van der Waals surface area contributed by atoms with Crippen LogP contribution in [0, 0.1) is 0 Å². The lowest BCUT2D eigenvalue weighted by Gasteiger charge is -2.21. The maximum absolute atomic E-state index is 12.9. The number of carbonyl (C=O) groups is 1. The van der Waals surface area contributed by atoms with Crippen molar-refractivity contribution >= 4 is 17.2 Å². The first kappa shape index (κ1) is 17.0. The monoisotopic (exact) mass is 362 g/mol. The van der Waals surface area contributed by atoms with Gasteiger partial charge in [0.2, 0.25) is 0 Å². The van der Waals surface area contributed by atoms with Crippen molar-refractivity contribution in [2.75, 3.05) is 13.1 Å².